The molecule has 9 nitrogen and oxygen atoms in total. The number of amides is 3. The van der Waals surface area contributed by atoms with Gasteiger partial charge in [0.05, 0.1) is 0 Å². The van der Waals surface area contributed by atoms with Crippen molar-refractivity contribution >= 4 is 23.8 Å². The number of aromatic nitrogens is 1. The number of urea groups is 1. The van der Waals surface area contributed by atoms with Crippen molar-refractivity contribution in [3.63, 3.8) is 0 Å². The fraction of sp³-hybridized carbons (Fsp3) is 0.609. The third-order valence-corrected chi connectivity index (χ3v) is 6.08. The summed E-state index contributed by atoms with van der Waals surface area (Å²) in [7, 11) is 0. The number of hydrogen-bond donors (Lipinski definition) is 2. The van der Waals surface area contributed by atoms with Gasteiger partial charge in [-0.05, 0) is 62.3 Å². The van der Waals surface area contributed by atoms with Crippen LogP contribution in [0.1, 0.15) is 50.5 Å². The second-order valence-corrected chi connectivity index (χ2v) is 8.60. The Morgan fingerprint density at radius 2 is 1.94 bits per heavy atom. The van der Waals surface area contributed by atoms with Gasteiger partial charge in [0.2, 0.25) is 0 Å². The Kier molecular flexibility index (Phi) is 7.95. The largest absolute Gasteiger partial charge is 0.365 e. The van der Waals surface area contributed by atoms with Crippen molar-refractivity contribution in [1.82, 2.24) is 20.3 Å². The summed E-state index contributed by atoms with van der Waals surface area (Å²) in [6.07, 6.45) is 11.6. The molecule has 3 amide bonds. The number of carbonyl (C=O) groups is 2. The van der Waals surface area contributed by atoms with E-state index in [1.54, 1.807) is 12.3 Å². The molecule has 174 valence electrons. The Labute approximate surface area is 189 Å². The zero-order valence-corrected chi connectivity index (χ0v) is 18.5. The summed E-state index contributed by atoms with van der Waals surface area (Å²) >= 11 is 0. The number of hydroxylamine groups is 1. The number of rotatable bonds is 6. The summed E-state index contributed by atoms with van der Waals surface area (Å²) in [5, 5.41) is 3.42. The predicted octanol–water partition coefficient (Wildman–Crippen LogP) is 2.76. The molecule has 0 radical (unpaired) electrons. The molecule has 1 aromatic rings. The van der Waals surface area contributed by atoms with Crippen LogP contribution in [0, 0.1) is 0 Å². The van der Waals surface area contributed by atoms with Gasteiger partial charge >= 0.3 is 6.03 Å². The second kappa shape index (κ2) is 11.3. The van der Waals surface area contributed by atoms with Crippen molar-refractivity contribution in [2.75, 3.05) is 38.1 Å². The minimum atomic E-state index is -0.366. The highest BCUT2D eigenvalue weighted by molar-refractivity contribution is 5.90. The third-order valence-electron chi connectivity index (χ3n) is 6.08. The number of piperidine rings is 1. The standard InChI is InChI=1S/C23H33N5O4/c29-21(26-32-22-6-2-5-15-31-22)10-8-18-7-9-20(24-16-18)25-19-11-14-28(17-19)23(30)27-12-3-1-4-13-27/h7-10,16,19,22H,1-6,11-15,17H2,(H,24,25)(H,26,29)/b10-8+/t19-,22?/m1/s1. The first-order chi connectivity index (χ1) is 15.7. The van der Waals surface area contributed by atoms with Gasteiger partial charge < -0.3 is 19.9 Å². The molecule has 3 saturated heterocycles. The molecule has 3 fully saturated rings. The zero-order chi connectivity index (χ0) is 22.2. The average Bonchev–Trinajstić information content (AvgIpc) is 3.31. The first-order valence-corrected chi connectivity index (χ1v) is 11.7. The van der Waals surface area contributed by atoms with Gasteiger partial charge in [0.15, 0.2) is 6.29 Å². The van der Waals surface area contributed by atoms with Crippen LogP contribution in [0.2, 0.25) is 0 Å². The normalized spacial score (nSPS) is 24.0. The van der Waals surface area contributed by atoms with Gasteiger partial charge in [-0.2, -0.15) is 0 Å². The molecule has 9 heteroatoms. The smallest absolute Gasteiger partial charge is 0.320 e. The molecule has 4 heterocycles. The van der Waals surface area contributed by atoms with E-state index in [4.69, 9.17) is 9.57 Å². The van der Waals surface area contributed by atoms with Crippen LogP contribution < -0.4 is 10.8 Å². The quantitative estimate of drug-likeness (QED) is 0.519. The minimum absolute atomic E-state index is 0.166. The van der Waals surface area contributed by atoms with Crippen molar-refractivity contribution in [2.45, 2.75) is 57.3 Å². The van der Waals surface area contributed by atoms with Crippen molar-refractivity contribution in [3.05, 3.63) is 30.0 Å². The monoisotopic (exact) mass is 443 g/mol. The summed E-state index contributed by atoms with van der Waals surface area (Å²) < 4.78 is 5.41. The molecular weight excluding hydrogens is 410 g/mol. The lowest BCUT2D eigenvalue weighted by atomic mass is 10.1. The molecule has 4 rings (SSSR count). The maximum absolute atomic E-state index is 12.7. The van der Waals surface area contributed by atoms with Crippen LogP contribution in [0.4, 0.5) is 10.6 Å². The predicted molar refractivity (Wildman–Crippen MR) is 121 cm³/mol. The van der Waals surface area contributed by atoms with Gasteiger partial charge in [0.1, 0.15) is 5.82 Å². The van der Waals surface area contributed by atoms with Gasteiger partial charge in [0.25, 0.3) is 5.91 Å². The van der Waals surface area contributed by atoms with Gasteiger partial charge in [-0.1, -0.05) is 0 Å². The Balaban J connectivity index is 1.19. The molecule has 32 heavy (non-hydrogen) atoms. The van der Waals surface area contributed by atoms with Gasteiger partial charge in [-0.3, -0.25) is 4.79 Å². The van der Waals surface area contributed by atoms with Crippen LogP contribution >= 0.6 is 0 Å². The van der Waals surface area contributed by atoms with E-state index in [9.17, 15) is 9.59 Å². The first-order valence-electron chi connectivity index (χ1n) is 11.7. The Morgan fingerprint density at radius 1 is 1.06 bits per heavy atom. The highest BCUT2D eigenvalue weighted by Crippen LogP contribution is 2.19. The number of nitrogens with one attached hydrogen (secondary N) is 2. The molecule has 3 aliphatic heterocycles. The van der Waals surface area contributed by atoms with E-state index in [0.717, 1.165) is 69.5 Å². The fourth-order valence-electron chi connectivity index (χ4n) is 4.27. The molecule has 0 aromatic carbocycles. The lowest BCUT2D eigenvalue weighted by Gasteiger charge is -2.31. The summed E-state index contributed by atoms with van der Waals surface area (Å²) in [5.41, 5.74) is 3.21. The second-order valence-electron chi connectivity index (χ2n) is 8.60. The van der Waals surface area contributed by atoms with E-state index in [2.05, 4.69) is 15.8 Å². The summed E-state index contributed by atoms with van der Waals surface area (Å²) in [5.74, 6) is 0.424. The highest BCUT2D eigenvalue weighted by atomic mass is 16.8. The maximum atomic E-state index is 12.7. The van der Waals surface area contributed by atoms with Crippen LogP contribution in [0.15, 0.2) is 24.4 Å². The zero-order valence-electron chi connectivity index (χ0n) is 18.5. The number of anilines is 1. The lowest BCUT2D eigenvalue weighted by Crippen LogP contribution is -2.45. The number of likely N-dealkylation sites (tertiary alicyclic amines) is 2. The lowest BCUT2D eigenvalue weighted by molar-refractivity contribution is -0.198. The SMILES string of the molecule is O=C(/C=C/c1ccc(N[C@@H]2CCN(C(=O)N3CCCCC3)C2)nc1)NOC1CCCCO1. The molecule has 2 N–H and O–H groups in total. The molecule has 0 aliphatic carbocycles. The maximum Gasteiger partial charge on any atom is 0.320 e. The molecule has 0 bridgehead atoms. The third kappa shape index (κ3) is 6.43. The Hall–Kier alpha value is -2.65. The van der Waals surface area contributed by atoms with Gasteiger partial charge in [-0.15, -0.1) is 0 Å². The van der Waals surface area contributed by atoms with Crippen molar-refractivity contribution in [2.24, 2.45) is 0 Å². The summed E-state index contributed by atoms with van der Waals surface area (Å²) in [6, 6.07) is 4.15. The fourth-order valence-corrected chi connectivity index (χ4v) is 4.27. The average molecular weight is 444 g/mol. The van der Waals surface area contributed by atoms with E-state index >= 15 is 0 Å². The number of pyridine rings is 1. The van der Waals surface area contributed by atoms with Crippen molar-refractivity contribution < 1.29 is 19.2 Å². The molecule has 0 spiro atoms. The van der Waals surface area contributed by atoms with Crippen LogP contribution in [0.3, 0.4) is 0 Å². The Bertz CT molecular complexity index is 788. The molecule has 0 saturated carbocycles. The summed E-state index contributed by atoms with van der Waals surface area (Å²) in [4.78, 5) is 38.2. The van der Waals surface area contributed by atoms with E-state index in [0.29, 0.717) is 13.2 Å². The number of nitrogens with zero attached hydrogens (tertiary/aromatic N) is 3. The van der Waals surface area contributed by atoms with Gasteiger partial charge in [0, 0.05) is 57.5 Å². The minimum Gasteiger partial charge on any atom is -0.365 e. The topological polar surface area (TPSA) is 96.0 Å². The molecular formula is C23H33N5O4. The van der Waals surface area contributed by atoms with Crippen LogP contribution in [-0.4, -0.2) is 71.8 Å². The van der Waals surface area contributed by atoms with Crippen LogP contribution in [0.5, 0.6) is 0 Å². The molecule has 1 aromatic heterocycles. The molecule has 1 unspecified atom stereocenters. The van der Waals surface area contributed by atoms with E-state index < -0.39 is 0 Å². The van der Waals surface area contributed by atoms with Crippen LogP contribution in [0.25, 0.3) is 6.08 Å². The molecule has 2 atom stereocenters. The number of carbonyl (C=O) groups excluding carboxylic acids is 2. The first kappa shape index (κ1) is 22.5. The summed E-state index contributed by atoms with van der Waals surface area (Å²) in [6.45, 7) is 3.89. The number of hydrogen-bond acceptors (Lipinski definition) is 6. The van der Waals surface area contributed by atoms with E-state index in [-0.39, 0.29) is 24.3 Å². The van der Waals surface area contributed by atoms with Crippen molar-refractivity contribution in [3.8, 4) is 0 Å². The number of ether oxygens (including phenoxy) is 1. The highest BCUT2D eigenvalue weighted by Gasteiger charge is 2.30. The van der Waals surface area contributed by atoms with Crippen LogP contribution in [-0.2, 0) is 14.4 Å². The van der Waals surface area contributed by atoms with Crippen molar-refractivity contribution in [1.29, 1.82) is 0 Å². The van der Waals surface area contributed by atoms with E-state index in [1.165, 1.54) is 12.5 Å². The Morgan fingerprint density at radius 3 is 2.69 bits per heavy atom. The van der Waals surface area contributed by atoms with Gasteiger partial charge in [-0.25, -0.2) is 20.1 Å². The molecule has 3 aliphatic rings. The van der Waals surface area contributed by atoms with E-state index in [1.807, 2.05) is 21.9 Å².